The van der Waals surface area contributed by atoms with Crippen LogP contribution in [0.3, 0.4) is 0 Å². The van der Waals surface area contributed by atoms with Gasteiger partial charge in [0.2, 0.25) is 11.9 Å². The molecule has 1 unspecified atom stereocenters. The van der Waals surface area contributed by atoms with Crippen LogP contribution in [0.2, 0.25) is 5.02 Å². The minimum Gasteiger partial charge on any atom is -0.368 e. The van der Waals surface area contributed by atoms with E-state index in [4.69, 9.17) is 17.3 Å². The number of nitrogens with one attached hydrogen (secondary N) is 2. The number of aryl methyl sites for hydroxylation is 1. The van der Waals surface area contributed by atoms with Crippen LogP contribution in [0, 0.1) is 6.92 Å². The van der Waals surface area contributed by atoms with E-state index in [2.05, 4.69) is 27.3 Å². The number of hydrogen-bond acceptors (Lipinski definition) is 5. The highest BCUT2D eigenvalue weighted by molar-refractivity contribution is 6.31. The second kappa shape index (κ2) is 8.12. The molecule has 0 spiro atoms. The smallest absolute Gasteiger partial charge is 0.232 e. The van der Waals surface area contributed by atoms with E-state index in [0.717, 1.165) is 28.4 Å². The first-order chi connectivity index (χ1) is 12.5. The second-order valence-corrected chi connectivity index (χ2v) is 6.68. The van der Waals surface area contributed by atoms with Gasteiger partial charge in [0.05, 0.1) is 7.05 Å². The van der Waals surface area contributed by atoms with Crippen LogP contribution >= 0.6 is 11.6 Å². The molecule has 0 aliphatic carbocycles. The fraction of sp³-hybridized carbons (Fsp3) is 0.211. The van der Waals surface area contributed by atoms with Gasteiger partial charge in [0.1, 0.15) is 13.1 Å². The van der Waals surface area contributed by atoms with E-state index in [1.165, 1.54) is 4.90 Å². The number of hydrogen-bond donors (Lipinski definition) is 3. The molecule has 2 aromatic carbocycles. The molecule has 4 N–H and O–H groups in total. The van der Waals surface area contributed by atoms with E-state index in [1.807, 2.05) is 55.5 Å². The van der Waals surface area contributed by atoms with Gasteiger partial charge in [-0.25, -0.2) is 0 Å². The molecule has 0 fully saturated rings. The average molecular weight is 370 g/mol. The van der Waals surface area contributed by atoms with E-state index < -0.39 is 0 Å². The normalized spacial score (nSPS) is 12.0. The Hall–Kier alpha value is -2.70. The maximum atomic E-state index is 6.24. The van der Waals surface area contributed by atoms with Crippen molar-refractivity contribution in [3.05, 3.63) is 70.5 Å². The third kappa shape index (κ3) is 4.68. The number of para-hydroxylation sites is 1. The largest absolute Gasteiger partial charge is 0.368 e. The maximum absolute atomic E-state index is 6.24. The van der Waals surface area contributed by atoms with Gasteiger partial charge < -0.3 is 16.0 Å². The Balaban J connectivity index is 1.73. The molecular weight excluding hydrogens is 348 g/mol. The van der Waals surface area contributed by atoms with Gasteiger partial charge in [-0.3, -0.25) is 0 Å². The molecule has 3 rings (SSSR count). The standard InChI is InChI=1S/C19H21ClN6/c1-13-7-3-6-10-16(13)22-19-24-17(23-18(21)25-19)12-26(2)11-14-8-4-5-9-15(14)20/h3-10H,11-12H2,1-2H3,(H3,21,22,23,24,25)/p+1. The molecule has 26 heavy (non-hydrogen) atoms. The van der Waals surface area contributed by atoms with Crippen molar-refractivity contribution in [1.82, 2.24) is 15.0 Å². The van der Waals surface area contributed by atoms with Gasteiger partial charge in [-0.1, -0.05) is 48.0 Å². The molecule has 1 aromatic heterocycles. The Kier molecular flexibility index (Phi) is 5.65. The Morgan fingerprint density at radius 3 is 2.50 bits per heavy atom. The van der Waals surface area contributed by atoms with Crippen molar-refractivity contribution < 1.29 is 4.90 Å². The molecule has 0 aliphatic heterocycles. The number of quaternary nitrogens is 1. The molecule has 0 aliphatic rings. The fourth-order valence-electron chi connectivity index (χ4n) is 2.71. The molecule has 7 heteroatoms. The van der Waals surface area contributed by atoms with E-state index in [0.29, 0.717) is 18.3 Å². The third-order valence-corrected chi connectivity index (χ3v) is 4.37. The Bertz CT molecular complexity index is 899. The molecule has 0 saturated carbocycles. The lowest BCUT2D eigenvalue weighted by molar-refractivity contribution is -0.908. The topological polar surface area (TPSA) is 81.2 Å². The van der Waals surface area contributed by atoms with Gasteiger partial charge in [-0.2, -0.15) is 15.0 Å². The number of halogens is 1. The van der Waals surface area contributed by atoms with Crippen molar-refractivity contribution in [2.75, 3.05) is 18.1 Å². The van der Waals surface area contributed by atoms with Crippen molar-refractivity contribution in [2.45, 2.75) is 20.0 Å². The molecule has 0 radical (unpaired) electrons. The maximum Gasteiger partial charge on any atom is 0.232 e. The van der Waals surface area contributed by atoms with Gasteiger partial charge in [-0.05, 0) is 24.6 Å². The van der Waals surface area contributed by atoms with Crippen LogP contribution in [0.15, 0.2) is 48.5 Å². The summed E-state index contributed by atoms with van der Waals surface area (Å²) in [5.41, 5.74) is 9.01. The summed E-state index contributed by atoms with van der Waals surface area (Å²) in [5.74, 6) is 1.29. The molecule has 3 aromatic rings. The van der Waals surface area contributed by atoms with Crippen molar-refractivity contribution in [1.29, 1.82) is 0 Å². The first kappa shape index (κ1) is 18.1. The summed E-state index contributed by atoms with van der Waals surface area (Å²) in [6, 6.07) is 15.8. The van der Waals surface area contributed by atoms with Crippen LogP contribution < -0.4 is 16.0 Å². The quantitative estimate of drug-likeness (QED) is 0.621. The van der Waals surface area contributed by atoms with Gasteiger partial charge in [0.25, 0.3) is 0 Å². The zero-order valence-electron chi connectivity index (χ0n) is 14.8. The zero-order valence-corrected chi connectivity index (χ0v) is 15.6. The Morgan fingerprint density at radius 1 is 1.00 bits per heavy atom. The average Bonchev–Trinajstić information content (AvgIpc) is 2.58. The van der Waals surface area contributed by atoms with E-state index in [1.54, 1.807) is 0 Å². The number of aromatic nitrogens is 3. The van der Waals surface area contributed by atoms with Crippen LogP contribution in [0.5, 0.6) is 0 Å². The molecule has 134 valence electrons. The van der Waals surface area contributed by atoms with Crippen LogP contribution in [0.1, 0.15) is 17.0 Å². The minimum atomic E-state index is 0.205. The zero-order chi connectivity index (χ0) is 18.5. The summed E-state index contributed by atoms with van der Waals surface area (Å²) in [6.45, 7) is 3.40. The lowest BCUT2D eigenvalue weighted by atomic mass is 10.2. The number of anilines is 3. The van der Waals surface area contributed by atoms with Gasteiger partial charge in [0, 0.05) is 16.3 Å². The number of benzene rings is 2. The predicted molar refractivity (Wildman–Crippen MR) is 104 cm³/mol. The summed E-state index contributed by atoms with van der Waals surface area (Å²) < 4.78 is 0. The van der Waals surface area contributed by atoms with E-state index in [-0.39, 0.29) is 5.95 Å². The predicted octanol–water partition coefficient (Wildman–Crippen LogP) is 2.37. The number of nitrogens with two attached hydrogens (primary N) is 1. The monoisotopic (exact) mass is 369 g/mol. The van der Waals surface area contributed by atoms with Gasteiger partial charge in [0.15, 0.2) is 5.82 Å². The van der Waals surface area contributed by atoms with E-state index >= 15 is 0 Å². The molecule has 0 bridgehead atoms. The van der Waals surface area contributed by atoms with Crippen LogP contribution in [-0.2, 0) is 13.1 Å². The van der Waals surface area contributed by atoms with Gasteiger partial charge >= 0.3 is 0 Å². The molecule has 6 nitrogen and oxygen atoms in total. The Labute approximate surface area is 158 Å². The SMILES string of the molecule is Cc1ccccc1Nc1nc(N)nc(C[NH+](C)Cc2ccccc2Cl)n1. The third-order valence-electron chi connectivity index (χ3n) is 4.00. The van der Waals surface area contributed by atoms with Crippen molar-refractivity contribution in [3.63, 3.8) is 0 Å². The second-order valence-electron chi connectivity index (χ2n) is 6.28. The Morgan fingerprint density at radius 2 is 1.73 bits per heavy atom. The number of rotatable bonds is 6. The van der Waals surface area contributed by atoms with E-state index in [9.17, 15) is 0 Å². The summed E-state index contributed by atoms with van der Waals surface area (Å²) in [5, 5.41) is 3.98. The lowest BCUT2D eigenvalue weighted by Crippen LogP contribution is -3.06. The molecule has 0 saturated heterocycles. The summed E-state index contributed by atoms with van der Waals surface area (Å²) in [4.78, 5) is 14.2. The number of nitrogen functional groups attached to an aromatic ring is 1. The van der Waals surface area contributed by atoms with Crippen molar-refractivity contribution in [3.8, 4) is 0 Å². The van der Waals surface area contributed by atoms with Crippen molar-refractivity contribution >= 4 is 29.2 Å². The summed E-state index contributed by atoms with van der Waals surface area (Å²) in [6.07, 6.45) is 0. The summed E-state index contributed by atoms with van der Waals surface area (Å²) >= 11 is 6.24. The lowest BCUT2D eigenvalue weighted by Gasteiger charge is -2.15. The molecular formula is C19H22ClN6+. The highest BCUT2D eigenvalue weighted by Gasteiger charge is 2.12. The molecule has 1 heterocycles. The molecule has 0 amide bonds. The highest BCUT2D eigenvalue weighted by Crippen LogP contribution is 2.17. The first-order valence-corrected chi connectivity index (χ1v) is 8.77. The minimum absolute atomic E-state index is 0.205. The first-order valence-electron chi connectivity index (χ1n) is 8.39. The highest BCUT2D eigenvalue weighted by atomic mass is 35.5. The van der Waals surface area contributed by atoms with Crippen LogP contribution in [0.25, 0.3) is 0 Å². The van der Waals surface area contributed by atoms with Crippen molar-refractivity contribution in [2.24, 2.45) is 0 Å². The molecule has 1 atom stereocenters. The summed E-state index contributed by atoms with van der Waals surface area (Å²) in [7, 11) is 2.07. The van der Waals surface area contributed by atoms with Gasteiger partial charge in [-0.15, -0.1) is 0 Å². The van der Waals surface area contributed by atoms with Crippen LogP contribution in [-0.4, -0.2) is 22.0 Å². The van der Waals surface area contributed by atoms with Crippen LogP contribution in [0.4, 0.5) is 17.6 Å². The fourth-order valence-corrected chi connectivity index (χ4v) is 2.91. The number of nitrogens with zero attached hydrogens (tertiary/aromatic N) is 3.